The van der Waals surface area contributed by atoms with E-state index < -0.39 is 0 Å². The summed E-state index contributed by atoms with van der Waals surface area (Å²) in [4.78, 5) is 0. The summed E-state index contributed by atoms with van der Waals surface area (Å²) in [6.07, 6.45) is 10.1. The molecule has 0 bridgehead atoms. The summed E-state index contributed by atoms with van der Waals surface area (Å²) in [5, 5.41) is 0. The van der Waals surface area contributed by atoms with Gasteiger partial charge in [-0.1, -0.05) is 86.5 Å². The second-order valence-corrected chi connectivity index (χ2v) is 4.93. The lowest BCUT2D eigenvalue weighted by Gasteiger charge is -1.98. The van der Waals surface area contributed by atoms with E-state index in [0.29, 0.717) is 0 Å². The van der Waals surface area contributed by atoms with Crippen molar-refractivity contribution in [2.24, 2.45) is 11.8 Å². The van der Waals surface area contributed by atoms with Crippen molar-refractivity contribution in [3.63, 3.8) is 0 Å². The summed E-state index contributed by atoms with van der Waals surface area (Å²) >= 11 is 0. The van der Waals surface area contributed by atoms with Crippen LogP contribution in [0.5, 0.6) is 0 Å². The third-order valence-corrected chi connectivity index (χ3v) is 2.78. The molecule has 0 heteroatoms. The first kappa shape index (κ1) is 17.4. The van der Waals surface area contributed by atoms with Gasteiger partial charge in [-0.15, -0.1) is 0 Å². The zero-order chi connectivity index (χ0) is 12.1. The van der Waals surface area contributed by atoms with Crippen molar-refractivity contribution in [1.82, 2.24) is 0 Å². The fourth-order valence-corrected chi connectivity index (χ4v) is 1.74. The van der Waals surface area contributed by atoms with E-state index in [9.17, 15) is 0 Å². The molecule has 0 aromatic heterocycles. The Labute approximate surface area is 98.9 Å². The average molecular weight is 214 g/mol. The molecule has 0 aromatic carbocycles. The van der Waals surface area contributed by atoms with Crippen LogP contribution in [-0.4, -0.2) is 0 Å². The third-order valence-electron chi connectivity index (χ3n) is 2.78. The van der Waals surface area contributed by atoms with Crippen molar-refractivity contribution in [2.75, 3.05) is 0 Å². The first-order valence-electron chi connectivity index (χ1n) is 7.16. The fraction of sp³-hybridized carbons (Fsp3) is 1.00. The first-order valence-corrected chi connectivity index (χ1v) is 7.16. The fourth-order valence-electron chi connectivity index (χ4n) is 1.74. The van der Waals surface area contributed by atoms with E-state index in [-0.39, 0.29) is 0 Å². The maximum absolute atomic E-state index is 2.34. The molecule has 0 aliphatic heterocycles. The van der Waals surface area contributed by atoms with Crippen molar-refractivity contribution >= 4 is 0 Å². The van der Waals surface area contributed by atoms with Crippen LogP contribution < -0.4 is 0 Å². The van der Waals surface area contributed by atoms with E-state index in [1.807, 2.05) is 13.8 Å². The summed E-state index contributed by atoms with van der Waals surface area (Å²) in [5.41, 5.74) is 0. The monoisotopic (exact) mass is 214 g/mol. The minimum Gasteiger partial charge on any atom is -0.0683 e. The molecule has 1 aliphatic carbocycles. The Kier molecular flexibility index (Phi) is 16.2. The SMILES string of the molecule is CC.CC1CCCC1.CCCCC(C)C. The zero-order valence-corrected chi connectivity index (χ0v) is 12.1. The van der Waals surface area contributed by atoms with E-state index in [4.69, 9.17) is 0 Å². The molecule has 1 saturated carbocycles. The molecular weight excluding hydrogens is 180 g/mol. The van der Waals surface area contributed by atoms with Crippen molar-refractivity contribution in [2.45, 2.75) is 86.5 Å². The van der Waals surface area contributed by atoms with Gasteiger partial charge in [-0.3, -0.25) is 0 Å². The van der Waals surface area contributed by atoms with Gasteiger partial charge in [0.2, 0.25) is 0 Å². The lowest BCUT2D eigenvalue weighted by Crippen LogP contribution is -1.83. The Morgan fingerprint density at radius 3 is 1.67 bits per heavy atom. The van der Waals surface area contributed by atoms with Gasteiger partial charge in [-0.05, 0) is 11.8 Å². The topological polar surface area (TPSA) is 0 Å². The van der Waals surface area contributed by atoms with Gasteiger partial charge >= 0.3 is 0 Å². The minimum atomic E-state index is 0.903. The standard InChI is InChI=1S/C7H16.C6H12.C2H6/c1-4-5-6-7(2)3;1-6-4-2-3-5-6;1-2/h7H,4-6H2,1-3H3;6H,2-5H2,1H3;1-2H3. The molecule has 1 aliphatic rings. The Bertz CT molecular complexity index is 88.2. The molecule has 0 spiro atoms. The highest BCUT2D eigenvalue weighted by Gasteiger charge is 2.07. The predicted octanol–water partition coefficient (Wildman–Crippen LogP) is 6.06. The number of unbranched alkanes of at least 4 members (excludes halogenated alkanes) is 1. The molecule has 1 rings (SSSR count). The Balaban J connectivity index is 0. The third kappa shape index (κ3) is 16.7. The second kappa shape index (κ2) is 14.0. The van der Waals surface area contributed by atoms with Crippen LogP contribution in [0.25, 0.3) is 0 Å². The molecule has 0 N–H and O–H groups in total. The number of rotatable bonds is 3. The van der Waals surface area contributed by atoms with Crippen LogP contribution >= 0.6 is 0 Å². The van der Waals surface area contributed by atoms with Crippen molar-refractivity contribution in [1.29, 1.82) is 0 Å². The summed E-state index contributed by atoms with van der Waals surface area (Å²) in [6, 6.07) is 0. The van der Waals surface area contributed by atoms with Crippen molar-refractivity contribution in [3.05, 3.63) is 0 Å². The minimum absolute atomic E-state index is 0.903. The lowest BCUT2D eigenvalue weighted by atomic mass is 10.1. The molecule has 15 heavy (non-hydrogen) atoms. The average Bonchev–Trinajstić information content (AvgIpc) is 2.70. The number of hydrogen-bond acceptors (Lipinski definition) is 0. The van der Waals surface area contributed by atoms with Crippen molar-refractivity contribution < 1.29 is 0 Å². The predicted molar refractivity (Wildman–Crippen MR) is 73.3 cm³/mol. The molecule has 0 unspecified atom stereocenters. The van der Waals surface area contributed by atoms with Crippen LogP contribution in [0.2, 0.25) is 0 Å². The maximum Gasteiger partial charge on any atom is -0.0443 e. The highest BCUT2D eigenvalue weighted by Crippen LogP contribution is 2.22. The maximum atomic E-state index is 2.34. The van der Waals surface area contributed by atoms with Gasteiger partial charge in [0.25, 0.3) is 0 Å². The van der Waals surface area contributed by atoms with Crippen LogP contribution in [0.4, 0.5) is 0 Å². The van der Waals surface area contributed by atoms with Crippen molar-refractivity contribution in [3.8, 4) is 0 Å². The van der Waals surface area contributed by atoms with Gasteiger partial charge in [0.1, 0.15) is 0 Å². The van der Waals surface area contributed by atoms with Crippen LogP contribution in [0.3, 0.4) is 0 Å². The summed E-state index contributed by atoms with van der Waals surface area (Å²) < 4.78 is 0. The molecule has 0 radical (unpaired) electrons. The van der Waals surface area contributed by atoms with E-state index >= 15 is 0 Å². The van der Waals surface area contributed by atoms with Gasteiger partial charge in [0.15, 0.2) is 0 Å². The van der Waals surface area contributed by atoms with E-state index in [1.165, 1.54) is 44.9 Å². The van der Waals surface area contributed by atoms with E-state index in [0.717, 1.165) is 11.8 Å². The normalized spacial score (nSPS) is 15.4. The highest BCUT2D eigenvalue weighted by atomic mass is 14.1. The van der Waals surface area contributed by atoms with Gasteiger partial charge in [-0.25, -0.2) is 0 Å². The van der Waals surface area contributed by atoms with Crippen LogP contribution in [0.1, 0.15) is 86.5 Å². The first-order chi connectivity index (χ1) is 7.16. The molecule has 1 fully saturated rings. The quantitative estimate of drug-likeness (QED) is 0.536. The van der Waals surface area contributed by atoms with Gasteiger partial charge in [0.05, 0.1) is 0 Å². The smallest absolute Gasteiger partial charge is 0.0443 e. The van der Waals surface area contributed by atoms with Crippen LogP contribution in [-0.2, 0) is 0 Å². The Morgan fingerprint density at radius 1 is 1.07 bits per heavy atom. The van der Waals surface area contributed by atoms with Gasteiger partial charge in [-0.2, -0.15) is 0 Å². The Hall–Kier alpha value is 0. The van der Waals surface area contributed by atoms with Gasteiger partial charge in [0, 0.05) is 0 Å². The molecule has 0 atom stereocenters. The van der Waals surface area contributed by atoms with Crippen LogP contribution in [0, 0.1) is 11.8 Å². The molecule has 0 aromatic rings. The summed E-state index contributed by atoms with van der Waals surface area (Å²) in [7, 11) is 0. The number of hydrogen-bond donors (Lipinski definition) is 0. The van der Waals surface area contributed by atoms with Gasteiger partial charge < -0.3 is 0 Å². The highest BCUT2D eigenvalue weighted by molar-refractivity contribution is 4.60. The molecule has 94 valence electrons. The zero-order valence-electron chi connectivity index (χ0n) is 12.1. The molecule has 0 saturated heterocycles. The lowest BCUT2D eigenvalue weighted by molar-refractivity contribution is 0.550. The molecule has 0 nitrogen and oxygen atoms in total. The second-order valence-electron chi connectivity index (χ2n) is 4.93. The van der Waals surface area contributed by atoms with Crippen LogP contribution in [0.15, 0.2) is 0 Å². The van der Waals surface area contributed by atoms with E-state index in [1.54, 1.807) is 0 Å². The largest absolute Gasteiger partial charge is 0.0683 e. The Morgan fingerprint density at radius 2 is 1.53 bits per heavy atom. The molecule has 0 amide bonds. The summed E-state index contributed by atoms with van der Waals surface area (Å²) in [5.74, 6) is 1.95. The molecular formula is C15H34. The molecule has 0 heterocycles. The van der Waals surface area contributed by atoms with E-state index in [2.05, 4.69) is 27.7 Å². The summed E-state index contributed by atoms with van der Waals surface area (Å²) in [6.45, 7) is 13.1.